The van der Waals surface area contributed by atoms with Crippen LogP contribution >= 0.6 is 11.6 Å². The molecule has 0 unspecified atom stereocenters. The first-order valence-electron chi connectivity index (χ1n) is 3.32. The molecule has 5 nitrogen and oxygen atoms in total. The number of pyridine rings is 1. The van der Waals surface area contributed by atoms with Crippen molar-refractivity contribution in [3.63, 3.8) is 0 Å². The first-order chi connectivity index (χ1) is 6.16. The van der Waals surface area contributed by atoms with Gasteiger partial charge in [-0.15, -0.1) is 0 Å². The highest BCUT2D eigenvalue weighted by molar-refractivity contribution is 6.27. The molecule has 2 N–H and O–H groups in total. The highest BCUT2D eigenvalue weighted by Crippen LogP contribution is 2.24. The van der Waals surface area contributed by atoms with Crippen molar-refractivity contribution in [2.24, 2.45) is 0 Å². The summed E-state index contributed by atoms with van der Waals surface area (Å²) < 4.78 is 0. The van der Waals surface area contributed by atoms with Crippen molar-refractivity contribution in [2.45, 2.75) is 0 Å². The van der Waals surface area contributed by atoms with Crippen LogP contribution < -0.4 is 5.73 Å². The normalized spacial score (nSPS) is 10.5. The molecule has 0 amide bonds. The van der Waals surface area contributed by atoms with Crippen LogP contribution in [0.15, 0.2) is 17.8 Å². The summed E-state index contributed by atoms with van der Waals surface area (Å²) in [6.07, 6.45) is 2.77. The number of halogens is 1. The molecule has 0 aliphatic rings. The number of rotatable bonds is 2. The minimum atomic E-state index is -0.589. The van der Waals surface area contributed by atoms with Crippen molar-refractivity contribution >= 4 is 29.2 Å². The summed E-state index contributed by atoms with van der Waals surface area (Å²) in [6, 6.07) is 1.47. The molecule has 0 fully saturated rings. The maximum Gasteiger partial charge on any atom is 0.318 e. The maximum absolute atomic E-state index is 10.5. The van der Waals surface area contributed by atoms with E-state index in [0.717, 1.165) is 0 Å². The molecule has 0 saturated heterocycles. The third-order valence-corrected chi connectivity index (χ3v) is 1.53. The molecule has 1 rings (SSSR count). The molecule has 0 bridgehead atoms. The fourth-order valence-corrected chi connectivity index (χ4v) is 1.02. The van der Waals surface area contributed by atoms with Gasteiger partial charge < -0.3 is 5.73 Å². The van der Waals surface area contributed by atoms with E-state index in [4.69, 9.17) is 17.3 Å². The molecular formula is C7H6ClN3O2. The molecule has 0 aliphatic heterocycles. The van der Waals surface area contributed by atoms with E-state index in [2.05, 4.69) is 4.98 Å². The maximum atomic E-state index is 10.5. The average Bonchev–Trinajstić information content (AvgIpc) is 2.04. The Balaban J connectivity index is 3.34. The minimum Gasteiger partial charge on any atom is -0.378 e. The molecule has 1 aromatic heterocycles. The zero-order valence-electron chi connectivity index (χ0n) is 6.48. The monoisotopic (exact) mass is 199 g/mol. The van der Waals surface area contributed by atoms with E-state index >= 15 is 0 Å². The number of nitro groups is 1. The topological polar surface area (TPSA) is 82.0 Å². The first kappa shape index (κ1) is 9.47. The molecule has 0 radical (unpaired) electrons. The van der Waals surface area contributed by atoms with E-state index in [1.165, 1.54) is 23.9 Å². The first-order valence-corrected chi connectivity index (χ1v) is 3.76. The SMILES string of the molecule is Nc1nccc(C=CCl)c1[N+](=O)[O-]. The Bertz CT molecular complexity index is 365. The van der Waals surface area contributed by atoms with Gasteiger partial charge in [-0.25, -0.2) is 4.98 Å². The van der Waals surface area contributed by atoms with Gasteiger partial charge in [0.25, 0.3) is 0 Å². The van der Waals surface area contributed by atoms with Crippen LogP contribution in [0.5, 0.6) is 0 Å². The molecule has 1 heterocycles. The van der Waals surface area contributed by atoms with Crippen LogP contribution in [0.4, 0.5) is 11.5 Å². The second-order valence-corrected chi connectivity index (χ2v) is 2.44. The summed E-state index contributed by atoms with van der Waals surface area (Å²) in [4.78, 5) is 13.5. The Labute approximate surface area is 79.0 Å². The van der Waals surface area contributed by atoms with E-state index in [0.29, 0.717) is 5.56 Å². The number of hydrogen-bond donors (Lipinski definition) is 1. The van der Waals surface area contributed by atoms with Crippen LogP contribution in [0.1, 0.15) is 5.56 Å². The zero-order chi connectivity index (χ0) is 9.84. The number of nitrogens with zero attached hydrogens (tertiary/aromatic N) is 2. The third kappa shape index (κ3) is 1.94. The van der Waals surface area contributed by atoms with Gasteiger partial charge in [0.05, 0.1) is 10.5 Å². The van der Waals surface area contributed by atoms with Gasteiger partial charge in [0.2, 0.25) is 5.82 Å². The summed E-state index contributed by atoms with van der Waals surface area (Å²) in [5.41, 5.74) is 6.62. The zero-order valence-corrected chi connectivity index (χ0v) is 7.23. The Hall–Kier alpha value is -1.62. The third-order valence-electron chi connectivity index (χ3n) is 1.41. The smallest absolute Gasteiger partial charge is 0.318 e. The summed E-state index contributed by atoms with van der Waals surface area (Å²) in [7, 11) is 0. The van der Waals surface area contributed by atoms with Crippen LogP contribution in [-0.2, 0) is 0 Å². The van der Waals surface area contributed by atoms with Gasteiger partial charge in [-0.05, 0) is 12.1 Å². The molecule has 0 atom stereocenters. The summed E-state index contributed by atoms with van der Waals surface area (Å²) in [5, 5.41) is 10.5. The lowest BCUT2D eigenvalue weighted by atomic mass is 10.2. The van der Waals surface area contributed by atoms with Crippen molar-refractivity contribution in [2.75, 3.05) is 5.73 Å². The van der Waals surface area contributed by atoms with Crippen LogP contribution in [0.3, 0.4) is 0 Å². The van der Waals surface area contributed by atoms with Gasteiger partial charge in [0, 0.05) is 11.7 Å². The lowest BCUT2D eigenvalue weighted by molar-refractivity contribution is -0.384. The van der Waals surface area contributed by atoms with Crippen molar-refractivity contribution < 1.29 is 4.92 Å². The average molecular weight is 200 g/mol. The van der Waals surface area contributed by atoms with Crippen molar-refractivity contribution in [1.82, 2.24) is 4.98 Å². The summed E-state index contributed by atoms with van der Waals surface area (Å²) in [5.74, 6) is -0.114. The predicted molar refractivity (Wildman–Crippen MR) is 50.2 cm³/mol. The van der Waals surface area contributed by atoms with Crippen LogP contribution in [-0.4, -0.2) is 9.91 Å². The fraction of sp³-hybridized carbons (Fsp3) is 0. The Morgan fingerprint density at radius 3 is 2.92 bits per heavy atom. The fourth-order valence-electron chi connectivity index (χ4n) is 0.887. The Morgan fingerprint density at radius 1 is 1.69 bits per heavy atom. The number of hydrogen-bond acceptors (Lipinski definition) is 4. The number of nitrogens with two attached hydrogens (primary N) is 1. The molecule has 6 heteroatoms. The second-order valence-electron chi connectivity index (χ2n) is 2.18. The second kappa shape index (κ2) is 3.86. The molecule has 0 saturated carbocycles. The molecule has 0 aromatic carbocycles. The van der Waals surface area contributed by atoms with E-state index in [1.54, 1.807) is 0 Å². The highest BCUT2D eigenvalue weighted by Gasteiger charge is 2.16. The lowest BCUT2D eigenvalue weighted by Gasteiger charge is -1.98. The largest absolute Gasteiger partial charge is 0.378 e. The van der Waals surface area contributed by atoms with Gasteiger partial charge in [0.1, 0.15) is 0 Å². The van der Waals surface area contributed by atoms with Crippen molar-refractivity contribution in [3.8, 4) is 0 Å². The van der Waals surface area contributed by atoms with Gasteiger partial charge in [-0.2, -0.15) is 0 Å². The molecular weight excluding hydrogens is 194 g/mol. The van der Waals surface area contributed by atoms with E-state index in [9.17, 15) is 10.1 Å². The minimum absolute atomic E-state index is 0.114. The molecule has 0 spiro atoms. The summed E-state index contributed by atoms with van der Waals surface area (Å²) in [6.45, 7) is 0. The quantitative estimate of drug-likeness (QED) is 0.581. The van der Waals surface area contributed by atoms with Gasteiger partial charge in [0.15, 0.2) is 0 Å². The van der Waals surface area contributed by atoms with Gasteiger partial charge in [-0.3, -0.25) is 10.1 Å². The van der Waals surface area contributed by atoms with Crippen LogP contribution in [0.25, 0.3) is 6.08 Å². The Kier molecular flexibility index (Phi) is 2.81. The summed E-state index contributed by atoms with van der Waals surface area (Å²) >= 11 is 5.30. The van der Waals surface area contributed by atoms with Gasteiger partial charge in [-0.1, -0.05) is 11.6 Å². The molecule has 0 aliphatic carbocycles. The van der Waals surface area contributed by atoms with E-state index < -0.39 is 4.92 Å². The van der Waals surface area contributed by atoms with Gasteiger partial charge >= 0.3 is 5.69 Å². The van der Waals surface area contributed by atoms with Crippen molar-refractivity contribution in [1.29, 1.82) is 0 Å². The molecule has 1 aromatic rings. The standard InChI is InChI=1S/C7H6ClN3O2/c8-3-1-5-2-4-10-7(9)6(5)11(12)13/h1-4H,(H2,9,10). The number of anilines is 1. The van der Waals surface area contributed by atoms with Crippen LogP contribution in [0.2, 0.25) is 0 Å². The lowest BCUT2D eigenvalue weighted by Crippen LogP contribution is -1.99. The van der Waals surface area contributed by atoms with E-state index in [-0.39, 0.29) is 11.5 Å². The van der Waals surface area contributed by atoms with Crippen molar-refractivity contribution in [3.05, 3.63) is 33.5 Å². The van der Waals surface area contributed by atoms with Crippen LogP contribution in [0, 0.1) is 10.1 Å². The molecule has 68 valence electrons. The number of aromatic nitrogens is 1. The highest BCUT2D eigenvalue weighted by atomic mass is 35.5. The molecule has 13 heavy (non-hydrogen) atoms. The number of nitrogen functional groups attached to an aromatic ring is 1. The predicted octanol–water partition coefficient (Wildman–Crippen LogP) is 1.78. The van der Waals surface area contributed by atoms with E-state index in [1.807, 2.05) is 0 Å². The Morgan fingerprint density at radius 2 is 2.38 bits per heavy atom.